The molecule has 1 saturated heterocycles. The Hall–Kier alpha value is -2.43. The van der Waals surface area contributed by atoms with Gasteiger partial charge in [-0.05, 0) is 24.6 Å². The molecule has 0 bridgehead atoms. The predicted molar refractivity (Wildman–Crippen MR) is 97.1 cm³/mol. The van der Waals surface area contributed by atoms with E-state index in [1.165, 1.54) is 18.2 Å². The molecule has 3 rings (SSSR count). The lowest BCUT2D eigenvalue weighted by Gasteiger charge is -2.34. The Kier molecular flexibility index (Phi) is 6.79. The summed E-state index contributed by atoms with van der Waals surface area (Å²) in [5, 5.41) is 11.4. The van der Waals surface area contributed by atoms with Gasteiger partial charge in [0.25, 0.3) is 0 Å². The molecule has 11 heteroatoms. The summed E-state index contributed by atoms with van der Waals surface area (Å²) in [7, 11) is 0. The monoisotopic (exact) mass is 448 g/mol. The molecule has 1 aliphatic rings. The molecule has 2 aromatic rings. The Morgan fingerprint density at radius 2 is 2.07 bits per heavy atom. The Bertz CT molecular complexity index is 912. The minimum Gasteiger partial charge on any atom is -0.473 e. The molecule has 0 amide bonds. The smallest absolute Gasteiger partial charge is 0.473 e. The SMILES string of the molecule is O=C(ON1CC[C@H](c2cccc(OCc3ccc(Cl)cc3F)n2)[C@@H](O)C1)C(F)(F)F. The first-order valence-corrected chi connectivity index (χ1v) is 9.27. The third-order valence-corrected chi connectivity index (χ3v) is 4.74. The molecule has 0 unspecified atom stereocenters. The van der Waals surface area contributed by atoms with Crippen molar-refractivity contribution < 1.29 is 37.0 Å². The summed E-state index contributed by atoms with van der Waals surface area (Å²) in [5.74, 6) is -3.16. The first-order valence-electron chi connectivity index (χ1n) is 8.89. The number of aliphatic hydroxyl groups excluding tert-OH is 1. The van der Waals surface area contributed by atoms with Crippen LogP contribution >= 0.6 is 11.6 Å². The van der Waals surface area contributed by atoms with Crippen LogP contribution in [0.5, 0.6) is 5.88 Å². The first kappa shape index (κ1) is 22.3. The summed E-state index contributed by atoms with van der Waals surface area (Å²) in [6.45, 7) is -0.393. The number of β-amino-alcohol motifs (C(OH)–C–C–N with tert-alkyl or cyclic N) is 1. The number of carbonyl (C=O) groups is 1. The number of carbonyl (C=O) groups excluding carboxylic acids is 1. The number of alkyl halides is 3. The molecule has 2 heterocycles. The van der Waals surface area contributed by atoms with Crippen molar-refractivity contribution in [3.8, 4) is 5.88 Å². The number of aliphatic hydroxyl groups is 1. The van der Waals surface area contributed by atoms with E-state index in [1.54, 1.807) is 18.2 Å². The number of aromatic nitrogens is 1. The average Bonchev–Trinajstić information content (AvgIpc) is 2.67. The van der Waals surface area contributed by atoms with E-state index in [0.717, 1.165) is 5.06 Å². The van der Waals surface area contributed by atoms with Crippen molar-refractivity contribution in [1.29, 1.82) is 0 Å². The predicted octanol–water partition coefficient (Wildman–Crippen LogP) is 3.62. The van der Waals surface area contributed by atoms with Crippen molar-refractivity contribution in [3.63, 3.8) is 0 Å². The van der Waals surface area contributed by atoms with Gasteiger partial charge in [-0.1, -0.05) is 23.7 Å². The van der Waals surface area contributed by atoms with Crippen molar-refractivity contribution in [2.24, 2.45) is 0 Å². The van der Waals surface area contributed by atoms with Crippen molar-refractivity contribution >= 4 is 17.6 Å². The zero-order chi connectivity index (χ0) is 21.9. The maximum Gasteiger partial charge on any atom is 0.492 e. The van der Waals surface area contributed by atoms with Crippen LogP contribution in [0.1, 0.15) is 23.6 Å². The summed E-state index contributed by atoms with van der Waals surface area (Å²) in [6, 6.07) is 9.02. The Morgan fingerprint density at radius 1 is 1.30 bits per heavy atom. The van der Waals surface area contributed by atoms with Gasteiger partial charge >= 0.3 is 12.1 Å². The normalized spacial score (nSPS) is 20.1. The largest absolute Gasteiger partial charge is 0.492 e. The number of hydrogen-bond acceptors (Lipinski definition) is 6. The van der Waals surface area contributed by atoms with Crippen molar-refractivity contribution in [1.82, 2.24) is 10.0 Å². The Morgan fingerprint density at radius 3 is 2.73 bits per heavy atom. The molecule has 1 N–H and O–H groups in total. The van der Waals surface area contributed by atoms with Crippen LogP contribution in [0.2, 0.25) is 5.02 Å². The molecule has 2 atom stereocenters. The molecule has 1 aromatic carbocycles. The second-order valence-corrected chi connectivity index (χ2v) is 7.09. The Balaban J connectivity index is 1.61. The second kappa shape index (κ2) is 9.15. The molecular weight excluding hydrogens is 432 g/mol. The average molecular weight is 449 g/mol. The number of halogens is 5. The topological polar surface area (TPSA) is 71.9 Å². The van der Waals surface area contributed by atoms with Crippen LogP contribution in [0.3, 0.4) is 0 Å². The number of hydroxylamine groups is 2. The van der Waals surface area contributed by atoms with Gasteiger partial charge in [-0.15, -0.1) is 5.06 Å². The molecule has 1 aromatic heterocycles. The van der Waals surface area contributed by atoms with E-state index in [2.05, 4.69) is 9.82 Å². The van der Waals surface area contributed by atoms with Crippen LogP contribution in [0.4, 0.5) is 17.6 Å². The van der Waals surface area contributed by atoms with Gasteiger partial charge in [-0.25, -0.2) is 14.2 Å². The quantitative estimate of drug-likeness (QED) is 0.704. The number of nitrogens with zero attached hydrogens (tertiary/aromatic N) is 2. The maximum atomic E-state index is 13.8. The zero-order valence-electron chi connectivity index (χ0n) is 15.4. The van der Waals surface area contributed by atoms with Crippen molar-refractivity contribution in [2.75, 3.05) is 13.1 Å². The van der Waals surface area contributed by atoms with E-state index in [-0.39, 0.29) is 42.6 Å². The zero-order valence-corrected chi connectivity index (χ0v) is 16.2. The van der Waals surface area contributed by atoms with Crippen LogP contribution in [-0.4, -0.2) is 46.5 Å². The van der Waals surface area contributed by atoms with E-state index < -0.39 is 30.0 Å². The van der Waals surface area contributed by atoms with Gasteiger partial charge < -0.3 is 14.7 Å². The van der Waals surface area contributed by atoms with Crippen LogP contribution < -0.4 is 4.74 Å². The molecule has 0 radical (unpaired) electrons. The summed E-state index contributed by atoms with van der Waals surface area (Å²) in [4.78, 5) is 19.5. The van der Waals surface area contributed by atoms with Gasteiger partial charge in [0.15, 0.2) is 0 Å². The number of pyridine rings is 1. The van der Waals surface area contributed by atoms with Gasteiger partial charge in [-0.3, -0.25) is 0 Å². The second-order valence-electron chi connectivity index (χ2n) is 6.65. The highest BCUT2D eigenvalue weighted by atomic mass is 35.5. The first-order chi connectivity index (χ1) is 14.1. The highest BCUT2D eigenvalue weighted by Gasteiger charge is 2.43. The molecular formula is C19H17ClF4N2O4. The summed E-state index contributed by atoms with van der Waals surface area (Å²) in [6.07, 6.45) is -6.02. The van der Waals surface area contributed by atoms with Crippen LogP contribution in [0.15, 0.2) is 36.4 Å². The standard InChI is InChI=1S/C19H17ClF4N2O4/c20-12-5-4-11(14(21)8-12)10-29-17-3-1-2-15(25-17)13-6-7-26(9-16(13)27)30-18(28)19(22,23)24/h1-5,8,13,16,27H,6-7,9-10H2/t13-,16+/m1/s1. The molecule has 162 valence electrons. The van der Waals surface area contributed by atoms with Gasteiger partial charge in [-0.2, -0.15) is 13.2 Å². The fraction of sp³-hybridized carbons (Fsp3) is 0.368. The minimum atomic E-state index is -5.11. The van der Waals surface area contributed by atoms with Gasteiger partial charge in [0.2, 0.25) is 5.88 Å². The van der Waals surface area contributed by atoms with Gasteiger partial charge in [0.1, 0.15) is 12.4 Å². The molecule has 1 aliphatic heterocycles. The van der Waals surface area contributed by atoms with Crippen LogP contribution in [-0.2, 0) is 16.2 Å². The lowest BCUT2D eigenvalue weighted by atomic mass is 9.91. The molecule has 0 spiro atoms. The lowest BCUT2D eigenvalue weighted by Crippen LogP contribution is -2.45. The summed E-state index contributed by atoms with van der Waals surface area (Å²) >= 11 is 5.71. The van der Waals surface area contributed by atoms with Gasteiger partial charge in [0.05, 0.1) is 18.3 Å². The molecule has 30 heavy (non-hydrogen) atoms. The highest BCUT2D eigenvalue weighted by molar-refractivity contribution is 6.30. The molecule has 0 aliphatic carbocycles. The van der Waals surface area contributed by atoms with Crippen LogP contribution in [0, 0.1) is 5.82 Å². The van der Waals surface area contributed by atoms with E-state index in [4.69, 9.17) is 16.3 Å². The number of piperidine rings is 1. The fourth-order valence-electron chi connectivity index (χ4n) is 3.01. The lowest BCUT2D eigenvalue weighted by molar-refractivity contribution is -0.246. The number of hydrogen-bond donors (Lipinski definition) is 1. The van der Waals surface area contributed by atoms with E-state index >= 15 is 0 Å². The fourth-order valence-corrected chi connectivity index (χ4v) is 3.17. The summed E-state index contributed by atoms with van der Waals surface area (Å²) < 4.78 is 56.3. The van der Waals surface area contributed by atoms with Crippen molar-refractivity contribution in [3.05, 3.63) is 58.5 Å². The van der Waals surface area contributed by atoms with Crippen LogP contribution in [0.25, 0.3) is 0 Å². The number of rotatable bonds is 5. The third-order valence-electron chi connectivity index (χ3n) is 4.50. The van der Waals surface area contributed by atoms with Crippen molar-refractivity contribution in [2.45, 2.75) is 31.2 Å². The number of benzene rings is 1. The van der Waals surface area contributed by atoms with E-state index in [9.17, 15) is 27.5 Å². The molecule has 1 fully saturated rings. The Labute approximate surface area is 173 Å². The van der Waals surface area contributed by atoms with E-state index in [1.807, 2.05) is 0 Å². The van der Waals surface area contributed by atoms with E-state index in [0.29, 0.717) is 5.69 Å². The third kappa shape index (κ3) is 5.59. The molecule has 0 saturated carbocycles. The van der Waals surface area contributed by atoms with Gasteiger partial charge in [0, 0.05) is 29.1 Å². The highest BCUT2D eigenvalue weighted by Crippen LogP contribution is 2.29. The number of ether oxygens (including phenoxy) is 1. The molecule has 6 nitrogen and oxygen atoms in total. The summed E-state index contributed by atoms with van der Waals surface area (Å²) in [5.41, 5.74) is 0.741. The minimum absolute atomic E-state index is 0.00764. The maximum absolute atomic E-state index is 13.8.